The van der Waals surface area contributed by atoms with E-state index in [1.807, 2.05) is 0 Å². The molecule has 0 aromatic carbocycles. The summed E-state index contributed by atoms with van der Waals surface area (Å²) in [5.74, 6) is 0.528. The van der Waals surface area contributed by atoms with Gasteiger partial charge in [-0.3, -0.25) is 9.59 Å². The number of piperazine rings is 1. The molecule has 0 aromatic rings. The van der Waals surface area contributed by atoms with E-state index in [-0.39, 0.29) is 11.8 Å². The predicted octanol–water partition coefficient (Wildman–Crippen LogP) is 1.32. The van der Waals surface area contributed by atoms with Crippen LogP contribution in [0.5, 0.6) is 0 Å². The topological polar surface area (TPSA) is 58.6 Å². The SMILES string of the molecule is CC(C)COCCN1C(=O)C(C)NC(=O)C12CCCC2. The highest BCUT2D eigenvalue weighted by molar-refractivity contribution is 5.99. The van der Waals surface area contributed by atoms with Gasteiger partial charge in [-0.15, -0.1) is 0 Å². The van der Waals surface area contributed by atoms with Gasteiger partial charge < -0.3 is 15.0 Å². The zero-order chi connectivity index (χ0) is 14.8. The maximum absolute atomic E-state index is 12.4. The van der Waals surface area contributed by atoms with Crippen LogP contribution in [0.3, 0.4) is 0 Å². The molecule has 1 saturated heterocycles. The zero-order valence-corrected chi connectivity index (χ0v) is 12.8. The van der Waals surface area contributed by atoms with Crippen molar-refractivity contribution in [1.82, 2.24) is 10.2 Å². The molecule has 0 aromatic heterocycles. The Hall–Kier alpha value is -1.10. The standard InChI is InChI=1S/C15H26N2O3/c1-11(2)10-20-9-8-17-13(18)12(3)16-14(19)15(17)6-4-5-7-15/h11-12H,4-10H2,1-3H3,(H,16,19). The summed E-state index contributed by atoms with van der Waals surface area (Å²) >= 11 is 0. The first-order valence-electron chi connectivity index (χ1n) is 7.67. The van der Waals surface area contributed by atoms with Crippen molar-refractivity contribution < 1.29 is 14.3 Å². The average molecular weight is 282 g/mol. The molecule has 1 spiro atoms. The van der Waals surface area contributed by atoms with Crippen molar-refractivity contribution in [2.24, 2.45) is 5.92 Å². The second kappa shape index (κ2) is 6.12. The first-order chi connectivity index (χ1) is 9.47. The second-order valence-electron chi connectivity index (χ2n) is 6.39. The van der Waals surface area contributed by atoms with Crippen LogP contribution in [-0.4, -0.2) is 48.1 Å². The van der Waals surface area contributed by atoms with Gasteiger partial charge in [0, 0.05) is 13.2 Å². The Morgan fingerprint density at radius 1 is 1.35 bits per heavy atom. The van der Waals surface area contributed by atoms with Crippen molar-refractivity contribution in [2.45, 2.75) is 58.0 Å². The quantitative estimate of drug-likeness (QED) is 0.774. The van der Waals surface area contributed by atoms with E-state index in [1.165, 1.54) is 0 Å². The van der Waals surface area contributed by atoms with Gasteiger partial charge in [0.05, 0.1) is 6.61 Å². The third-order valence-corrected chi connectivity index (χ3v) is 4.26. The summed E-state index contributed by atoms with van der Waals surface area (Å²) in [6, 6.07) is -0.418. The Morgan fingerprint density at radius 3 is 2.60 bits per heavy atom. The molecule has 1 N–H and O–H groups in total. The number of ether oxygens (including phenoxy) is 1. The number of rotatable bonds is 5. The first kappa shape index (κ1) is 15.3. The van der Waals surface area contributed by atoms with Crippen LogP contribution in [0.4, 0.5) is 0 Å². The first-order valence-corrected chi connectivity index (χ1v) is 7.67. The lowest BCUT2D eigenvalue weighted by Crippen LogP contribution is -2.69. The number of hydrogen-bond acceptors (Lipinski definition) is 3. The largest absolute Gasteiger partial charge is 0.379 e. The Bertz CT molecular complexity index is 375. The fraction of sp³-hybridized carbons (Fsp3) is 0.867. The molecule has 1 unspecified atom stereocenters. The van der Waals surface area contributed by atoms with Crippen LogP contribution >= 0.6 is 0 Å². The molecule has 1 aliphatic carbocycles. The fourth-order valence-corrected chi connectivity index (χ4v) is 3.22. The van der Waals surface area contributed by atoms with Crippen LogP contribution in [0.15, 0.2) is 0 Å². The monoisotopic (exact) mass is 282 g/mol. The molecule has 2 fully saturated rings. The molecule has 20 heavy (non-hydrogen) atoms. The van der Waals surface area contributed by atoms with E-state index < -0.39 is 11.6 Å². The van der Waals surface area contributed by atoms with Crippen molar-refractivity contribution in [3.63, 3.8) is 0 Å². The highest BCUT2D eigenvalue weighted by atomic mass is 16.5. The van der Waals surface area contributed by atoms with Crippen molar-refractivity contribution in [3.05, 3.63) is 0 Å². The number of nitrogens with one attached hydrogen (secondary N) is 1. The molecule has 2 aliphatic rings. The predicted molar refractivity (Wildman–Crippen MR) is 76.2 cm³/mol. The van der Waals surface area contributed by atoms with Crippen LogP contribution in [-0.2, 0) is 14.3 Å². The van der Waals surface area contributed by atoms with Crippen LogP contribution in [0, 0.1) is 5.92 Å². The third kappa shape index (κ3) is 2.82. The van der Waals surface area contributed by atoms with E-state index in [4.69, 9.17) is 4.74 Å². The molecule has 1 atom stereocenters. The highest BCUT2D eigenvalue weighted by Gasteiger charge is 2.52. The van der Waals surface area contributed by atoms with Crippen LogP contribution in [0.25, 0.3) is 0 Å². The van der Waals surface area contributed by atoms with Gasteiger partial charge in [-0.1, -0.05) is 26.7 Å². The lowest BCUT2D eigenvalue weighted by molar-refractivity contribution is -0.157. The molecule has 0 bridgehead atoms. The van der Waals surface area contributed by atoms with Crippen molar-refractivity contribution >= 4 is 11.8 Å². The van der Waals surface area contributed by atoms with E-state index >= 15 is 0 Å². The van der Waals surface area contributed by atoms with E-state index in [2.05, 4.69) is 19.2 Å². The summed E-state index contributed by atoms with van der Waals surface area (Å²) in [7, 11) is 0. The summed E-state index contributed by atoms with van der Waals surface area (Å²) < 4.78 is 5.59. The molecule has 1 saturated carbocycles. The Balaban J connectivity index is 2.04. The molecule has 5 nitrogen and oxygen atoms in total. The van der Waals surface area contributed by atoms with Gasteiger partial charge in [-0.2, -0.15) is 0 Å². The molecule has 0 radical (unpaired) electrons. The summed E-state index contributed by atoms with van der Waals surface area (Å²) in [5.41, 5.74) is -0.606. The molecule has 1 heterocycles. The van der Waals surface area contributed by atoms with E-state index in [1.54, 1.807) is 11.8 Å². The molecule has 2 rings (SSSR count). The highest BCUT2D eigenvalue weighted by Crippen LogP contribution is 2.37. The smallest absolute Gasteiger partial charge is 0.246 e. The summed E-state index contributed by atoms with van der Waals surface area (Å²) in [6.45, 7) is 7.66. The van der Waals surface area contributed by atoms with Crippen molar-refractivity contribution in [3.8, 4) is 0 Å². The summed E-state index contributed by atoms with van der Waals surface area (Å²) in [4.78, 5) is 26.6. The zero-order valence-electron chi connectivity index (χ0n) is 12.8. The maximum Gasteiger partial charge on any atom is 0.246 e. The minimum absolute atomic E-state index is 0.0194. The minimum atomic E-state index is -0.606. The Kier molecular flexibility index (Phi) is 4.68. The fourth-order valence-electron chi connectivity index (χ4n) is 3.22. The minimum Gasteiger partial charge on any atom is -0.379 e. The van der Waals surface area contributed by atoms with Gasteiger partial charge in [0.25, 0.3) is 0 Å². The van der Waals surface area contributed by atoms with Crippen molar-refractivity contribution in [2.75, 3.05) is 19.8 Å². The average Bonchev–Trinajstić information content (AvgIpc) is 2.86. The van der Waals surface area contributed by atoms with E-state index in [9.17, 15) is 9.59 Å². The molecular weight excluding hydrogens is 256 g/mol. The third-order valence-electron chi connectivity index (χ3n) is 4.26. The lowest BCUT2D eigenvalue weighted by Gasteiger charge is -2.45. The van der Waals surface area contributed by atoms with E-state index in [0.717, 1.165) is 25.7 Å². The number of amides is 2. The molecule has 2 amide bonds. The molecule has 1 aliphatic heterocycles. The number of carbonyl (C=O) groups is 2. The second-order valence-corrected chi connectivity index (χ2v) is 6.39. The van der Waals surface area contributed by atoms with Gasteiger partial charge >= 0.3 is 0 Å². The van der Waals surface area contributed by atoms with Gasteiger partial charge in [0.15, 0.2) is 0 Å². The maximum atomic E-state index is 12.4. The van der Waals surface area contributed by atoms with Gasteiger partial charge in [-0.25, -0.2) is 0 Å². The lowest BCUT2D eigenvalue weighted by atomic mass is 9.89. The number of carbonyl (C=O) groups excluding carboxylic acids is 2. The van der Waals surface area contributed by atoms with Crippen LogP contribution < -0.4 is 5.32 Å². The molecule has 114 valence electrons. The summed E-state index contributed by atoms with van der Waals surface area (Å²) in [6.07, 6.45) is 3.58. The van der Waals surface area contributed by atoms with E-state index in [0.29, 0.717) is 25.7 Å². The number of hydrogen-bond donors (Lipinski definition) is 1. The van der Waals surface area contributed by atoms with Crippen LogP contribution in [0.1, 0.15) is 46.5 Å². The van der Waals surface area contributed by atoms with Gasteiger partial charge in [0.1, 0.15) is 11.6 Å². The molecule has 5 heteroatoms. The van der Waals surface area contributed by atoms with Crippen LogP contribution in [0.2, 0.25) is 0 Å². The van der Waals surface area contributed by atoms with Gasteiger partial charge in [0.2, 0.25) is 11.8 Å². The number of nitrogens with zero attached hydrogens (tertiary/aromatic N) is 1. The van der Waals surface area contributed by atoms with Gasteiger partial charge in [-0.05, 0) is 25.7 Å². The Labute approximate surface area is 121 Å². The Morgan fingerprint density at radius 2 is 2.00 bits per heavy atom. The van der Waals surface area contributed by atoms with Crippen molar-refractivity contribution in [1.29, 1.82) is 0 Å². The summed E-state index contributed by atoms with van der Waals surface area (Å²) in [5, 5.41) is 2.83. The normalized spacial score (nSPS) is 25.6. The molecular formula is C15H26N2O3.